The normalized spacial score (nSPS) is 15.6. The lowest BCUT2D eigenvalue weighted by molar-refractivity contribution is -0.134. The Kier molecular flexibility index (Phi) is 7.38. The molecular weight excluding hydrogens is 564 g/mol. The third kappa shape index (κ3) is 5.12. The first-order valence-electron chi connectivity index (χ1n) is 11.6. The van der Waals surface area contributed by atoms with Crippen LogP contribution in [0, 0.1) is 0 Å². The largest absolute Gasteiger partial charge is 0.366 e. The number of piperazine rings is 1. The number of rotatable bonds is 8. The maximum Gasteiger partial charge on any atom is 0.249 e. The summed E-state index contributed by atoms with van der Waals surface area (Å²) in [5.41, 5.74) is 7.09. The van der Waals surface area contributed by atoms with Crippen molar-refractivity contribution in [1.82, 2.24) is 14.2 Å². The Morgan fingerprint density at radius 3 is 2.74 bits per heavy atom. The van der Waals surface area contributed by atoms with Gasteiger partial charge in [-0.15, -0.1) is 29.3 Å². The SMILES string of the molecule is C=CC(c1cc2ccc(Cl)cc2s1)S(=O)(=O)N1CCN(Cc2nc(-c3ccccc3C(N)=O)cs2)C(=O)C1. The van der Waals surface area contributed by atoms with Crippen LogP contribution in [0.2, 0.25) is 5.02 Å². The van der Waals surface area contributed by atoms with Gasteiger partial charge in [0.2, 0.25) is 21.8 Å². The van der Waals surface area contributed by atoms with E-state index in [-0.39, 0.29) is 32.1 Å². The summed E-state index contributed by atoms with van der Waals surface area (Å²) in [6.45, 7) is 4.15. The predicted octanol–water partition coefficient (Wildman–Crippen LogP) is 4.68. The number of nitrogens with two attached hydrogens (primary N) is 1. The highest BCUT2D eigenvalue weighted by Crippen LogP contribution is 2.37. The number of carbonyl (C=O) groups excluding carboxylic acids is 2. The number of amides is 2. The first-order valence-corrected chi connectivity index (χ1v) is 15.2. The number of thiophene rings is 1. The molecule has 12 heteroatoms. The summed E-state index contributed by atoms with van der Waals surface area (Å²) < 4.78 is 29.2. The number of benzene rings is 2. The minimum absolute atomic E-state index is 0.165. The Balaban J connectivity index is 1.29. The maximum atomic E-state index is 13.5. The van der Waals surface area contributed by atoms with Gasteiger partial charge < -0.3 is 10.6 Å². The molecule has 0 saturated carbocycles. The van der Waals surface area contributed by atoms with Crippen molar-refractivity contribution in [1.29, 1.82) is 0 Å². The lowest BCUT2D eigenvalue weighted by Gasteiger charge is -2.34. The van der Waals surface area contributed by atoms with Gasteiger partial charge in [0, 0.05) is 44.2 Å². The summed E-state index contributed by atoms with van der Waals surface area (Å²) in [6.07, 6.45) is 1.40. The van der Waals surface area contributed by atoms with Gasteiger partial charge >= 0.3 is 0 Å². The third-order valence-electron chi connectivity index (χ3n) is 6.31. The Bertz CT molecular complexity index is 1660. The highest BCUT2D eigenvalue weighted by molar-refractivity contribution is 7.89. The molecule has 1 saturated heterocycles. The van der Waals surface area contributed by atoms with E-state index in [9.17, 15) is 18.0 Å². The van der Waals surface area contributed by atoms with Crippen molar-refractivity contribution >= 4 is 66.2 Å². The zero-order valence-corrected chi connectivity index (χ0v) is 23.2. The smallest absolute Gasteiger partial charge is 0.249 e. The van der Waals surface area contributed by atoms with E-state index in [1.807, 2.05) is 17.5 Å². The number of primary amides is 1. The molecule has 2 amide bonds. The van der Waals surface area contributed by atoms with E-state index in [1.165, 1.54) is 33.1 Å². The number of hydrogen-bond acceptors (Lipinski definition) is 7. The van der Waals surface area contributed by atoms with Crippen molar-refractivity contribution in [2.24, 2.45) is 5.73 Å². The number of thiazole rings is 1. The zero-order valence-electron chi connectivity index (χ0n) is 20.0. The molecule has 0 aliphatic carbocycles. The number of halogens is 1. The molecule has 1 fully saturated rings. The average Bonchev–Trinajstić information content (AvgIpc) is 3.52. The quantitative estimate of drug-likeness (QED) is 0.301. The lowest BCUT2D eigenvalue weighted by Crippen LogP contribution is -2.52. The van der Waals surface area contributed by atoms with Crippen LogP contribution < -0.4 is 5.73 Å². The molecule has 2 aromatic carbocycles. The molecule has 0 spiro atoms. The molecule has 1 aliphatic heterocycles. The molecule has 0 radical (unpaired) electrons. The molecular formula is C26H23ClN4O4S3. The molecule has 1 atom stereocenters. The second-order valence-corrected chi connectivity index (χ2v) is 13.3. The molecule has 1 aliphatic rings. The molecule has 0 bridgehead atoms. The van der Waals surface area contributed by atoms with Gasteiger partial charge in [0.1, 0.15) is 10.3 Å². The number of carbonyl (C=O) groups is 2. The van der Waals surface area contributed by atoms with Gasteiger partial charge in [0.15, 0.2) is 0 Å². The van der Waals surface area contributed by atoms with Crippen LogP contribution in [0.15, 0.2) is 66.6 Å². The van der Waals surface area contributed by atoms with Gasteiger partial charge in [-0.3, -0.25) is 9.59 Å². The summed E-state index contributed by atoms with van der Waals surface area (Å²) in [5.74, 6) is -0.847. The van der Waals surface area contributed by atoms with Crippen LogP contribution in [0.5, 0.6) is 0 Å². The Morgan fingerprint density at radius 1 is 1.21 bits per heavy atom. The van der Waals surface area contributed by atoms with Crippen molar-refractivity contribution < 1.29 is 18.0 Å². The van der Waals surface area contributed by atoms with E-state index >= 15 is 0 Å². The monoisotopic (exact) mass is 586 g/mol. The lowest BCUT2D eigenvalue weighted by atomic mass is 10.1. The van der Waals surface area contributed by atoms with Crippen molar-refractivity contribution in [2.45, 2.75) is 11.8 Å². The molecule has 8 nitrogen and oxygen atoms in total. The fourth-order valence-electron chi connectivity index (χ4n) is 4.37. The molecule has 196 valence electrons. The molecule has 1 unspecified atom stereocenters. The molecule has 2 N–H and O–H groups in total. The molecule has 2 aromatic heterocycles. The van der Waals surface area contributed by atoms with Crippen LogP contribution in [0.4, 0.5) is 0 Å². The Hall–Kier alpha value is -3.09. The summed E-state index contributed by atoms with van der Waals surface area (Å²) in [6, 6.07) is 14.2. The minimum Gasteiger partial charge on any atom is -0.366 e. The molecule has 38 heavy (non-hydrogen) atoms. The van der Waals surface area contributed by atoms with Crippen LogP contribution >= 0.6 is 34.3 Å². The number of fused-ring (bicyclic) bond motifs is 1. The third-order valence-corrected chi connectivity index (χ3v) is 10.8. The molecule has 3 heterocycles. The topological polar surface area (TPSA) is 114 Å². The van der Waals surface area contributed by atoms with E-state index < -0.39 is 21.2 Å². The van der Waals surface area contributed by atoms with E-state index in [2.05, 4.69) is 11.6 Å². The van der Waals surface area contributed by atoms with Crippen LogP contribution in [-0.2, 0) is 21.4 Å². The van der Waals surface area contributed by atoms with E-state index in [0.717, 1.165) is 10.1 Å². The standard InChI is InChI=1S/C26H23ClN4O4S3/c1-2-23(22-11-16-7-8-17(27)12-21(16)37-22)38(34,35)31-10-9-30(25(32)14-31)13-24-29-20(15-36-24)18-5-3-4-6-19(18)26(28)33/h2-8,11-12,15,23H,1,9-10,13-14H2,(H2,28,33). The fourth-order valence-corrected chi connectivity index (χ4v) is 8.56. The van der Waals surface area contributed by atoms with Gasteiger partial charge in [-0.1, -0.05) is 41.9 Å². The van der Waals surface area contributed by atoms with Crippen LogP contribution in [0.1, 0.15) is 25.5 Å². The summed E-state index contributed by atoms with van der Waals surface area (Å²) in [4.78, 5) is 31.6. The predicted molar refractivity (Wildman–Crippen MR) is 152 cm³/mol. The van der Waals surface area contributed by atoms with Crippen molar-refractivity contribution in [2.75, 3.05) is 19.6 Å². The maximum absolute atomic E-state index is 13.5. The van der Waals surface area contributed by atoms with Crippen molar-refractivity contribution in [3.8, 4) is 11.3 Å². The fraction of sp³-hybridized carbons (Fsp3) is 0.192. The summed E-state index contributed by atoms with van der Waals surface area (Å²) in [5, 5.41) is 3.00. The second-order valence-electron chi connectivity index (χ2n) is 8.72. The van der Waals surface area contributed by atoms with Gasteiger partial charge in [0.25, 0.3) is 0 Å². The average molecular weight is 587 g/mol. The van der Waals surface area contributed by atoms with Crippen molar-refractivity contribution in [3.05, 3.63) is 87.0 Å². The van der Waals surface area contributed by atoms with E-state index in [0.29, 0.717) is 31.7 Å². The van der Waals surface area contributed by atoms with Gasteiger partial charge in [-0.2, -0.15) is 4.31 Å². The first kappa shape index (κ1) is 26.5. The molecule has 5 rings (SSSR count). The van der Waals surface area contributed by atoms with Crippen LogP contribution in [0.3, 0.4) is 0 Å². The second kappa shape index (κ2) is 10.6. The Labute approximate surface area is 233 Å². The van der Waals surface area contributed by atoms with E-state index in [4.69, 9.17) is 17.3 Å². The highest BCUT2D eigenvalue weighted by Gasteiger charge is 2.37. The van der Waals surface area contributed by atoms with E-state index in [1.54, 1.807) is 41.3 Å². The summed E-state index contributed by atoms with van der Waals surface area (Å²) >= 11 is 8.80. The van der Waals surface area contributed by atoms with Gasteiger partial charge in [-0.25, -0.2) is 13.4 Å². The number of hydrogen-bond donors (Lipinski definition) is 1. The minimum atomic E-state index is -3.87. The van der Waals surface area contributed by atoms with Crippen LogP contribution in [0.25, 0.3) is 21.3 Å². The van der Waals surface area contributed by atoms with Gasteiger partial charge in [-0.05, 0) is 29.7 Å². The number of nitrogens with zero attached hydrogens (tertiary/aromatic N) is 3. The first-order chi connectivity index (χ1) is 18.2. The van der Waals surface area contributed by atoms with Crippen molar-refractivity contribution in [3.63, 3.8) is 0 Å². The number of aromatic nitrogens is 1. The highest BCUT2D eigenvalue weighted by atomic mass is 35.5. The Morgan fingerprint density at radius 2 is 2.00 bits per heavy atom. The zero-order chi connectivity index (χ0) is 27.0. The number of sulfonamides is 1. The van der Waals surface area contributed by atoms with Crippen LogP contribution in [-0.4, -0.2) is 54.1 Å². The summed E-state index contributed by atoms with van der Waals surface area (Å²) in [7, 11) is -3.87. The van der Waals surface area contributed by atoms with Gasteiger partial charge in [0.05, 0.1) is 18.8 Å². The molecule has 4 aromatic rings.